The largest absolute Gasteiger partial charge is 0.379 e. The molecule has 0 spiro atoms. The highest BCUT2D eigenvalue weighted by atomic mass is 16.5. The van der Waals surface area contributed by atoms with Gasteiger partial charge in [0.25, 0.3) is 0 Å². The Morgan fingerprint density at radius 2 is 2.09 bits per heavy atom. The SMILES string of the molecule is Cc1noc(CCCC(=O)N2C[C@@H](C)[C@@H](N3CCOCC3)C2)n1. The van der Waals surface area contributed by atoms with Crippen LogP contribution in [-0.2, 0) is 16.0 Å². The summed E-state index contributed by atoms with van der Waals surface area (Å²) in [6, 6.07) is 0.474. The molecule has 0 aliphatic carbocycles. The maximum Gasteiger partial charge on any atom is 0.226 e. The van der Waals surface area contributed by atoms with Crippen molar-refractivity contribution >= 4 is 5.91 Å². The maximum absolute atomic E-state index is 12.4. The highest BCUT2D eigenvalue weighted by Crippen LogP contribution is 2.23. The summed E-state index contributed by atoms with van der Waals surface area (Å²) < 4.78 is 10.5. The normalized spacial score (nSPS) is 25.9. The van der Waals surface area contributed by atoms with Crippen LogP contribution < -0.4 is 0 Å². The second-order valence-corrected chi connectivity index (χ2v) is 6.58. The summed E-state index contributed by atoms with van der Waals surface area (Å²) in [5, 5.41) is 3.77. The molecule has 23 heavy (non-hydrogen) atoms. The molecule has 0 saturated carbocycles. The lowest BCUT2D eigenvalue weighted by atomic mass is 10.0. The quantitative estimate of drug-likeness (QED) is 0.801. The first-order chi connectivity index (χ1) is 11.1. The smallest absolute Gasteiger partial charge is 0.226 e. The summed E-state index contributed by atoms with van der Waals surface area (Å²) in [5.41, 5.74) is 0. The summed E-state index contributed by atoms with van der Waals surface area (Å²) in [4.78, 5) is 21.1. The summed E-state index contributed by atoms with van der Waals surface area (Å²) in [6.45, 7) is 9.33. The molecule has 0 aromatic carbocycles. The molecule has 3 rings (SSSR count). The number of nitrogens with zero attached hydrogens (tertiary/aromatic N) is 4. The first kappa shape index (κ1) is 16.4. The Hall–Kier alpha value is -1.47. The molecule has 7 heteroatoms. The van der Waals surface area contributed by atoms with Crippen LogP contribution in [0.4, 0.5) is 0 Å². The van der Waals surface area contributed by atoms with Gasteiger partial charge in [0.1, 0.15) is 0 Å². The molecule has 2 saturated heterocycles. The predicted molar refractivity (Wildman–Crippen MR) is 83.9 cm³/mol. The van der Waals surface area contributed by atoms with E-state index in [9.17, 15) is 4.79 Å². The van der Waals surface area contributed by atoms with E-state index in [1.807, 2.05) is 4.90 Å². The average Bonchev–Trinajstić information content (AvgIpc) is 3.14. The van der Waals surface area contributed by atoms with Gasteiger partial charge in [0, 0.05) is 45.1 Å². The molecule has 2 fully saturated rings. The van der Waals surface area contributed by atoms with E-state index in [2.05, 4.69) is 22.0 Å². The maximum atomic E-state index is 12.4. The Bertz CT molecular complexity index is 527. The van der Waals surface area contributed by atoms with Crippen molar-refractivity contribution in [2.24, 2.45) is 5.92 Å². The van der Waals surface area contributed by atoms with E-state index in [1.165, 1.54) is 0 Å². The standard InChI is InChI=1S/C16H26N4O3/c1-12-10-20(11-14(12)19-6-8-22-9-7-19)16(21)5-3-4-15-17-13(2)18-23-15/h12,14H,3-11H2,1-2H3/t12-,14+/m1/s1. The number of likely N-dealkylation sites (tertiary alicyclic amines) is 1. The van der Waals surface area contributed by atoms with Crippen molar-refractivity contribution in [3.63, 3.8) is 0 Å². The third-order valence-electron chi connectivity index (χ3n) is 4.79. The summed E-state index contributed by atoms with van der Waals surface area (Å²) >= 11 is 0. The highest BCUT2D eigenvalue weighted by molar-refractivity contribution is 5.76. The van der Waals surface area contributed by atoms with Crippen molar-refractivity contribution < 1.29 is 14.1 Å². The zero-order valence-electron chi connectivity index (χ0n) is 14.0. The number of aromatic nitrogens is 2. The number of hydrogen-bond donors (Lipinski definition) is 0. The minimum atomic E-state index is 0.240. The van der Waals surface area contributed by atoms with Gasteiger partial charge >= 0.3 is 0 Å². The highest BCUT2D eigenvalue weighted by Gasteiger charge is 2.36. The monoisotopic (exact) mass is 322 g/mol. The fraction of sp³-hybridized carbons (Fsp3) is 0.812. The second-order valence-electron chi connectivity index (χ2n) is 6.58. The van der Waals surface area contributed by atoms with Crippen LogP contribution in [0.1, 0.15) is 31.5 Å². The topological polar surface area (TPSA) is 71.7 Å². The Labute approximate surface area is 137 Å². The van der Waals surface area contributed by atoms with E-state index >= 15 is 0 Å². The van der Waals surface area contributed by atoms with Crippen LogP contribution in [0.15, 0.2) is 4.52 Å². The van der Waals surface area contributed by atoms with Gasteiger partial charge in [-0.1, -0.05) is 12.1 Å². The fourth-order valence-corrected chi connectivity index (χ4v) is 3.53. The zero-order chi connectivity index (χ0) is 16.2. The lowest BCUT2D eigenvalue weighted by Crippen LogP contribution is -2.47. The molecule has 128 valence electrons. The van der Waals surface area contributed by atoms with Gasteiger partial charge in [0.2, 0.25) is 11.8 Å². The molecule has 0 bridgehead atoms. The summed E-state index contributed by atoms with van der Waals surface area (Å²) in [6.07, 6.45) is 1.97. The molecule has 0 unspecified atom stereocenters. The molecule has 2 aliphatic rings. The van der Waals surface area contributed by atoms with Crippen molar-refractivity contribution in [2.45, 2.75) is 39.2 Å². The van der Waals surface area contributed by atoms with Crippen LogP contribution in [-0.4, -0.2) is 71.3 Å². The molecule has 0 N–H and O–H groups in total. The van der Waals surface area contributed by atoms with Gasteiger partial charge in [0.05, 0.1) is 13.2 Å². The van der Waals surface area contributed by atoms with Crippen LogP contribution in [0.25, 0.3) is 0 Å². The summed E-state index contributed by atoms with van der Waals surface area (Å²) in [5.74, 6) is 2.03. The van der Waals surface area contributed by atoms with Gasteiger partial charge in [-0.2, -0.15) is 4.98 Å². The van der Waals surface area contributed by atoms with Crippen molar-refractivity contribution in [3.8, 4) is 0 Å². The van der Waals surface area contributed by atoms with E-state index < -0.39 is 0 Å². The lowest BCUT2D eigenvalue weighted by Gasteiger charge is -2.34. The third-order valence-corrected chi connectivity index (χ3v) is 4.79. The molecule has 1 amide bonds. The number of carbonyl (C=O) groups excluding carboxylic acids is 1. The van der Waals surface area contributed by atoms with Crippen molar-refractivity contribution in [2.75, 3.05) is 39.4 Å². The average molecular weight is 322 g/mol. The van der Waals surface area contributed by atoms with Crippen LogP contribution in [0.3, 0.4) is 0 Å². The van der Waals surface area contributed by atoms with Crippen molar-refractivity contribution in [3.05, 3.63) is 11.7 Å². The third kappa shape index (κ3) is 4.09. The van der Waals surface area contributed by atoms with Gasteiger partial charge in [0.15, 0.2) is 5.82 Å². The van der Waals surface area contributed by atoms with E-state index in [1.54, 1.807) is 6.92 Å². The first-order valence-corrected chi connectivity index (χ1v) is 8.52. The number of ether oxygens (including phenoxy) is 1. The summed E-state index contributed by atoms with van der Waals surface area (Å²) in [7, 11) is 0. The fourth-order valence-electron chi connectivity index (χ4n) is 3.53. The molecular weight excluding hydrogens is 296 g/mol. The van der Waals surface area contributed by atoms with Gasteiger partial charge in [-0.3, -0.25) is 9.69 Å². The number of rotatable bonds is 5. The molecule has 0 radical (unpaired) electrons. The molecule has 1 aromatic heterocycles. The molecule has 3 heterocycles. The van der Waals surface area contributed by atoms with E-state index in [4.69, 9.17) is 9.26 Å². The van der Waals surface area contributed by atoms with Crippen LogP contribution >= 0.6 is 0 Å². The number of amides is 1. The van der Waals surface area contributed by atoms with Gasteiger partial charge in [-0.05, 0) is 19.3 Å². The van der Waals surface area contributed by atoms with Crippen LogP contribution in [0.2, 0.25) is 0 Å². The number of aryl methyl sites for hydroxylation is 2. The number of morpholine rings is 1. The number of carbonyl (C=O) groups is 1. The molecule has 2 atom stereocenters. The Morgan fingerprint density at radius 1 is 1.30 bits per heavy atom. The Balaban J connectivity index is 1.44. The molecule has 7 nitrogen and oxygen atoms in total. The van der Waals surface area contributed by atoms with Crippen LogP contribution in [0, 0.1) is 12.8 Å². The molecular formula is C16H26N4O3. The number of hydrogen-bond acceptors (Lipinski definition) is 6. The van der Waals surface area contributed by atoms with Gasteiger partial charge in [-0.25, -0.2) is 0 Å². The van der Waals surface area contributed by atoms with E-state index in [0.29, 0.717) is 36.5 Å². The van der Waals surface area contributed by atoms with Crippen LogP contribution in [0.5, 0.6) is 0 Å². The lowest BCUT2D eigenvalue weighted by molar-refractivity contribution is -0.130. The van der Waals surface area contributed by atoms with Crippen molar-refractivity contribution in [1.82, 2.24) is 19.9 Å². The first-order valence-electron chi connectivity index (χ1n) is 8.52. The molecule has 2 aliphatic heterocycles. The zero-order valence-corrected chi connectivity index (χ0v) is 14.0. The second kappa shape index (κ2) is 7.40. The Kier molecular flexibility index (Phi) is 5.27. The Morgan fingerprint density at radius 3 is 2.78 bits per heavy atom. The minimum Gasteiger partial charge on any atom is -0.379 e. The van der Waals surface area contributed by atoms with E-state index in [0.717, 1.165) is 45.8 Å². The van der Waals surface area contributed by atoms with Gasteiger partial charge < -0.3 is 14.2 Å². The predicted octanol–water partition coefficient (Wildman–Crippen LogP) is 0.880. The van der Waals surface area contributed by atoms with Crippen molar-refractivity contribution in [1.29, 1.82) is 0 Å². The van der Waals surface area contributed by atoms with E-state index in [-0.39, 0.29) is 5.91 Å². The minimum absolute atomic E-state index is 0.240. The van der Waals surface area contributed by atoms with Gasteiger partial charge in [-0.15, -0.1) is 0 Å². The molecule has 1 aromatic rings.